The van der Waals surface area contributed by atoms with Crippen molar-refractivity contribution in [2.24, 2.45) is 0 Å². The third kappa shape index (κ3) is 56.5. The molecule has 1 aliphatic heterocycles. The molecular weight excluding hydrogens is 1120 g/mol. The molecule has 0 aromatic heterocycles. The van der Waals surface area contributed by atoms with Crippen molar-refractivity contribution < 1.29 is 49.3 Å². The Morgan fingerprint density at radius 3 is 1.07 bits per heavy atom. The second-order valence-corrected chi connectivity index (χ2v) is 27.8. The van der Waals surface area contributed by atoms with Crippen LogP contribution in [0.5, 0.6) is 0 Å². The molecule has 7 atom stereocenters. The maximum atomic E-state index is 13.0. The van der Waals surface area contributed by atoms with Gasteiger partial charge in [-0.05, 0) is 57.8 Å². The molecule has 1 heterocycles. The van der Waals surface area contributed by atoms with Crippen molar-refractivity contribution in [2.45, 2.75) is 448 Å². The van der Waals surface area contributed by atoms with Gasteiger partial charge in [-0.25, -0.2) is 0 Å². The molecule has 0 radical (unpaired) electrons. The van der Waals surface area contributed by atoms with Crippen LogP contribution in [0.3, 0.4) is 0 Å². The van der Waals surface area contributed by atoms with Crippen LogP contribution in [0.15, 0.2) is 24.3 Å². The molecule has 1 saturated heterocycles. The van der Waals surface area contributed by atoms with E-state index >= 15 is 0 Å². The van der Waals surface area contributed by atoms with E-state index in [0.717, 1.165) is 51.4 Å². The van der Waals surface area contributed by atoms with Crippen molar-refractivity contribution in [3.8, 4) is 0 Å². The van der Waals surface area contributed by atoms with Crippen molar-refractivity contribution in [1.29, 1.82) is 0 Å². The van der Waals surface area contributed by atoms with Crippen LogP contribution in [0.2, 0.25) is 0 Å². The lowest BCUT2D eigenvalue weighted by molar-refractivity contribution is -0.302. The zero-order valence-corrected chi connectivity index (χ0v) is 59.4. The minimum atomic E-state index is -1.57. The summed E-state index contributed by atoms with van der Waals surface area (Å²) < 4.78 is 16.7. The minimum absolute atomic E-state index is 0.0190. The Kier molecular flexibility index (Phi) is 65.6. The number of carbonyl (C=O) groups is 2. The first kappa shape index (κ1) is 86.2. The minimum Gasteiger partial charge on any atom is -0.466 e. The van der Waals surface area contributed by atoms with Crippen molar-refractivity contribution in [1.82, 2.24) is 5.32 Å². The molecule has 0 aliphatic carbocycles. The molecule has 1 aliphatic rings. The van der Waals surface area contributed by atoms with E-state index in [1.807, 2.05) is 6.08 Å². The fourth-order valence-electron chi connectivity index (χ4n) is 12.8. The van der Waals surface area contributed by atoms with E-state index in [-0.39, 0.29) is 18.5 Å². The van der Waals surface area contributed by atoms with E-state index in [1.165, 1.54) is 327 Å². The SMILES string of the molecule is CCCCCCCCCC/C=C/C(O)C(COC1OC(CO)C(O)C(O)C1O)NC(=O)CCCCCCCCCCCCCCCCCCC/C=C\CCCCCCCCCCCCCCCCCCCCOC(=O)CCCCCCCCCCCCCCC. The van der Waals surface area contributed by atoms with Gasteiger partial charge in [-0.2, -0.15) is 0 Å². The Hall–Kier alpha value is -1.86. The van der Waals surface area contributed by atoms with Gasteiger partial charge in [0.2, 0.25) is 5.91 Å². The van der Waals surface area contributed by atoms with E-state index < -0.39 is 49.5 Å². The Labute approximate surface area is 556 Å². The molecule has 6 N–H and O–H groups in total. The molecule has 90 heavy (non-hydrogen) atoms. The van der Waals surface area contributed by atoms with Crippen molar-refractivity contribution >= 4 is 11.9 Å². The highest BCUT2D eigenvalue weighted by molar-refractivity contribution is 5.76. The lowest BCUT2D eigenvalue weighted by Crippen LogP contribution is -2.60. The van der Waals surface area contributed by atoms with Crippen LogP contribution >= 0.6 is 0 Å². The first-order chi connectivity index (χ1) is 44.2. The van der Waals surface area contributed by atoms with Crippen molar-refractivity contribution in [3.05, 3.63) is 24.3 Å². The molecule has 11 nitrogen and oxygen atoms in total. The van der Waals surface area contributed by atoms with Gasteiger partial charge in [0.05, 0.1) is 32.0 Å². The number of rotatable bonds is 71. The number of aliphatic hydroxyl groups excluding tert-OH is 5. The summed E-state index contributed by atoms with van der Waals surface area (Å²) >= 11 is 0. The summed E-state index contributed by atoms with van der Waals surface area (Å²) in [5, 5.41) is 54.4. The van der Waals surface area contributed by atoms with Gasteiger partial charge in [0, 0.05) is 12.8 Å². The van der Waals surface area contributed by atoms with Gasteiger partial charge in [0.15, 0.2) is 6.29 Å². The quantitative estimate of drug-likeness (QED) is 0.0195. The van der Waals surface area contributed by atoms with Gasteiger partial charge >= 0.3 is 5.97 Å². The number of esters is 1. The van der Waals surface area contributed by atoms with E-state index in [2.05, 4.69) is 31.3 Å². The number of hydrogen-bond donors (Lipinski definition) is 6. The predicted molar refractivity (Wildman–Crippen MR) is 380 cm³/mol. The van der Waals surface area contributed by atoms with E-state index in [9.17, 15) is 35.1 Å². The van der Waals surface area contributed by atoms with Gasteiger partial charge in [-0.15, -0.1) is 0 Å². The van der Waals surface area contributed by atoms with Gasteiger partial charge < -0.3 is 45.1 Å². The Morgan fingerprint density at radius 2 is 0.711 bits per heavy atom. The van der Waals surface area contributed by atoms with Gasteiger partial charge in [0.1, 0.15) is 24.4 Å². The van der Waals surface area contributed by atoms with Gasteiger partial charge in [-0.3, -0.25) is 9.59 Å². The average Bonchev–Trinajstić information content (AvgIpc) is 3.68. The standard InChI is InChI=1S/C79H151NO10/c1-3-5-7-9-11-13-15-43-47-51-55-59-63-67-75(84)88-68-64-60-56-52-48-45-42-40-38-36-34-32-30-28-26-24-22-20-18-16-17-19-21-23-25-27-29-31-33-35-37-39-41-44-46-50-54-58-62-66-74(83)80-71(70-89-79-78(87)77(86)76(85)73(69-81)90-79)72(82)65-61-57-53-49-14-12-10-8-6-4-2/h16-17,61,65,71-73,76-79,81-82,85-87H,3-15,18-60,62-64,66-70H2,1-2H3,(H,80,83)/b17-16-,65-61+. The van der Waals surface area contributed by atoms with Crippen LogP contribution in [0.25, 0.3) is 0 Å². The number of amides is 1. The molecule has 1 rings (SSSR count). The summed E-state index contributed by atoms with van der Waals surface area (Å²) in [7, 11) is 0. The van der Waals surface area contributed by atoms with Crippen molar-refractivity contribution in [2.75, 3.05) is 19.8 Å². The lowest BCUT2D eigenvalue weighted by atomic mass is 9.99. The Morgan fingerprint density at radius 1 is 0.400 bits per heavy atom. The van der Waals surface area contributed by atoms with Crippen LogP contribution < -0.4 is 5.32 Å². The lowest BCUT2D eigenvalue weighted by Gasteiger charge is -2.40. The summed E-state index contributed by atoms with van der Waals surface area (Å²) in [6.07, 6.45) is 78.0. The molecule has 0 bridgehead atoms. The second kappa shape index (κ2) is 68.5. The monoisotopic (exact) mass is 1270 g/mol. The molecule has 11 heteroatoms. The fraction of sp³-hybridized carbons (Fsp3) is 0.924. The van der Waals surface area contributed by atoms with Gasteiger partial charge in [0.25, 0.3) is 0 Å². The third-order valence-corrected chi connectivity index (χ3v) is 19.1. The summed E-state index contributed by atoms with van der Waals surface area (Å²) in [5.74, 6) is -0.157. The van der Waals surface area contributed by atoms with Crippen LogP contribution in [0.4, 0.5) is 0 Å². The van der Waals surface area contributed by atoms with Gasteiger partial charge in [-0.1, -0.05) is 359 Å². The van der Waals surface area contributed by atoms with Crippen LogP contribution in [0, 0.1) is 0 Å². The number of carbonyl (C=O) groups excluding carboxylic acids is 2. The second-order valence-electron chi connectivity index (χ2n) is 27.8. The van der Waals surface area contributed by atoms with E-state index in [1.54, 1.807) is 6.08 Å². The molecule has 532 valence electrons. The summed E-state index contributed by atoms with van der Waals surface area (Å²) in [6.45, 7) is 4.38. The summed E-state index contributed by atoms with van der Waals surface area (Å²) in [5.41, 5.74) is 0. The third-order valence-electron chi connectivity index (χ3n) is 19.1. The molecule has 7 unspecified atom stereocenters. The van der Waals surface area contributed by atoms with E-state index in [4.69, 9.17) is 14.2 Å². The highest BCUT2D eigenvalue weighted by Gasteiger charge is 2.44. The average molecular weight is 1280 g/mol. The number of aliphatic hydroxyl groups is 5. The van der Waals surface area contributed by atoms with Crippen LogP contribution in [-0.4, -0.2) is 100 Å². The zero-order chi connectivity index (χ0) is 65.1. The highest BCUT2D eigenvalue weighted by atomic mass is 16.7. The molecular formula is C79H151NO10. The summed E-state index contributed by atoms with van der Waals surface area (Å²) in [6, 6.07) is -0.805. The number of unbranched alkanes of at least 4 members (excludes halogenated alkanes) is 55. The number of nitrogens with one attached hydrogen (secondary N) is 1. The predicted octanol–water partition coefficient (Wildman–Crippen LogP) is 21.1. The van der Waals surface area contributed by atoms with Crippen LogP contribution in [0.1, 0.15) is 406 Å². The molecule has 1 fully saturated rings. The zero-order valence-electron chi connectivity index (χ0n) is 59.4. The smallest absolute Gasteiger partial charge is 0.305 e. The summed E-state index contributed by atoms with van der Waals surface area (Å²) in [4.78, 5) is 25.1. The first-order valence-corrected chi connectivity index (χ1v) is 39.6. The normalized spacial score (nSPS) is 17.7. The Balaban J connectivity index is 1.86. The molecule has 1 amide bonds. The topological polar surface area (TPSA) is 175 Å². The highest BCUT2D eigenvalue weighted by Crippen LogP contribution is 2.24. The number of ether oxygens (including phenoxy) is 3. The molecule has 0 saturated carbocycles. The maximum absolute atomic E-state index is 13.0. The molecule has 0 aromatic rings. The maximum Gasteiger partial charge on any atom is 0.305 e. The van der Waals surface area contributed by atoms with Crippen molar-refractivity contribution in [3.63, 3.8) is 0 Å². The Bertz CT molecular complexity index is 1540. The fourth-order valence-corrected chi connectivity index (χ4v) is 12.8. The first-order valence-electron chi connectivity index (χ1n) is 39.6. The molecule has 0 aromatic carbocycles. The largest absolute Gasteiger partial charge is 0.466 e. The van der Waals surface area contributed by atoms with Crippen LogP contribution in [-0.2, 0) is 23.8 Å². The van der Waals surface area contributed by atoms with E-state index in [0.29, 0.717) is 19.4 Å². The molecule has 0 spiro atoms. The number of allylic oxidation sites excluding steroid dienone is 3. The number of hydrogen-bond acceptors (Lipinski definition) is 10.